The lowest BCUT2D eigenvalue weighted by Crippen LogP contribution is -2.41. The first-order valence-electron chi connectivity index (χ1n) is 6.51. The summed E-state index contributed by atoms with van der Waals surface area (Å²) in [5.74, 6) is 1.48. The Balaban J connectivity index is 2.40. The van der Waals surface area contributed by atoms with E-state index in [4.69, 9.17) is 10.5 Å². The quantitative estimate of drug-likeness (QED) is 0.866. The molecule has 2 N–H and O–H groups in total. The van der Waals surface area contributed by atoms with Crippen LogP contribution in [0.1, 0.15) is 50.2 Å². The fourth-order valence-corrected chi connectivity index (χ4v) is 2.73. The molecule has 1 aromatic rings. The van der Waals surface area contributed by atoms with Crippen LogP contribution in [0, 0.1) is 0 Å². The molecular weight excluding hydrogens is 210 g/mol. The van der Waals surface area contributed by atoms with Gasteiger partial charge in [0.1, 0.15) is 5.75 Å². The van der Waals surface area contributed by atoms with E-state index in [0.29, 0.717) is 5.92 Å². The Morgan fingerprint density at radius 1 is 1.35 bits per heavy atom. The maximum Gasteiger partial charge on any atom is 0.122 e. The molecule has 0 amide bonds. The highest BCUT2D eigenvalue weighted by Gasteiger charge is 2.37. The Bertz CT molecular complexity index is 388. The largest absolute Gasteiger partial charge is 0.496 e. The molecule has 17 heavy (non-hydrogen) atoms. The van der Waals surface area contributed by atoms with Crippen molar-refractivity contribution in [3.63, 3.8) is 0 Å². The van der Waals surface area contributed by atoms with Gasteiger partial charge in [0.2, 0.25) is 0 Å². The second-order valence-electron chi connectivity index (χ2n) is 5.45. The van der Waals surface area contributed by atoms with Crippen LogP contribution in [0.4, 0.5) is 0 Å². The highest BCUT2D eigenvalue weighted by molar-refractivity contribution is 5.43. The van der Waals surface area contributed by atoms with Crippen molar-refractivity contribution >= 4 is 0 Å². The number of ether oxygens (including phenoxy) is 1. The van der Waals surface area contributed by atoms with Crippen LogP contribution in [0.2, 0.25) is 0 Å². The van der Waals surface area contributed by atoms with Gasteiger partial charge in [-0.3, -0.25) is 0 Å². The summed E-state index contributed by atoms with van der Waals surface area (Å²) in [5, 5.41) is 0. The standard InChI is InChI=1S/C15H23NO/c1-11(2)13-9-12(5-6-14(13)17-3)15(10-16)7-4-8-15/h5-6,9,11H,4,7-8,10,16H2,1-3H3. The van der Waals surface area contributed by atoms with Gasteiger partial charge in [-0.25, -0.2) is 0 Å². The summed E-state index contributed by atoms with van der Waals surface area (Å²) in [6.07, 6.45) is 3.76. The first-order valence-corrected chi connectivity index (χ1v) is 6.51. The van der Waals surface area contributed by atoms with Gasteiger partial charge in [0.25, 0.3) is 0 Å². The number of methoxy groups -OCH3 is 1. The molecule has 2 heteroatoms. The third-order valence-corrected chi connectivity index (χ3v) is 4.17. The van der Waals surface area contributed by atoms with Gasteiger partial charge in [-0.15, -0.1) is 0 Å². The molecule has 0 radical (unpaired) electrons. The molecule has 0 aliphatic heterocycles. The molecule has 2 nitrogen and oxygen atoms in total. The first-order chi connectivity index (χ1) is 8.13. The van der Waals surface area contributed by atoms with Crippen molar-refractivity contribution in [1.82, 2.24) is 0 Å². The fourth-order valence-electron chi connectivity index (χ4n) is 2.73. The van der Waals surface area contributed by atoms with Crippen LogP contribution >= 0.6 is 0 Å². The maximum absolute atomic E-state index is 5.97. The molecule has 1 fully saturated rings. The Hall–Kier alpha value is -1.02. The van der Waals surface area contributed by atoms with Gasteiger partial charge in [-0.05, 0) is 36.0 Å². The molecule has 0 heterocycles. The van der Waals surface area contributed by atoms with E-state index in [1.807, 2.05) is 0 Å². The highest BCUT2D eigenvalue weighted by atomic mass is 16.5. The maximum atomic E-state index is 5.97. The van der Waals surface area contributed by atoms with Crippen molar-refractivity contribution in [1.29, 1.82) is 0 Å². The predicted molar refractivity (Wildman–Crippen MR) is 71.7 cm³/mol. The number of rotatable bonds is 4. The van der Waals surface area contributed by atoms with Crippen LogP contribution in [0.3, 0.4) is 0 Å². The lowest BCUT2D eigenvalue weighted by molar-refractivity contribution is 0.252. The van der Waals surface area contributed by atoms with E-state index in [-0.39, 0.29) is 5.41 Å². The molecule has 0 atom stereocenters. The minimum Gasteiger partial charge on any atom is -0.496 e. The van der Waals surface area contributed by atoms with Crippen LogP contribution < -0.4 is 10.5 Å². The Morgan fingerprint density at radius 2 is 2.06 bits per heavy atom. The van der Waals surface area contributed by atoms with Gasteiger partial charge < -0.3 is 10.5 Å². The molecule has 1 saturated carbocycles. The van der Waals surface area contributed by atoms with Crippen molar-refractivity contribution in [2.75, 3.05) is 13.7 Å². The second-order valence-corrected chi connectivity index (χ2v) is 5.45. The third-order valence-electron chi connectivity index (χ3n) is 4.17. The molecule has 1 aromatic carbocycles. The molecule has 0 unspecified atom stereocenters. The Morgan fingerprint density at radius 3 is 2.47 bits per heavy atom. The zero-order valence-electron chi connectivity index (χ0n) is 11.1. The predicted octanol–water partition coefficient (Wildman–Crippen LogP) is 3.20. The molecule has 0 bridgehead atoms. The van der Waals surface area contributed by atoms with Gasteiger partial charge in [0.15, 0.2) is 0 Å². The summed E-state index contributed by atoms with van der Waals surface area (Å²) in [5.41, 5.74) is 8.91. The summed E-state index contributed by atoms with van der Waals surface area (Å²) < 4.78 is 5.43. The fraction of sp³-hybridized carbons (Fsp3) is 0.600. The van der Waals surface area contributed by atoms with Crippen LogP contribution in [0.15, 0.2) is 18.2 Å². The van der Waals surface area contributed by atoms with Crippen LogP contribution in [0.25, 0.3) is 0 Å². The minimum absolute atomic E-state index is 0.246. The number of hydrogen-bond acceptors (Lipinski definition) is 2. The summed E-state index contributed by atoms with van der Waals surface area (Å²) in [6, 6.07) is 6.59. The van der Waals surface area contributed by atoms with Crippen LogP contribution in [-0.2, 0) is 5.41 Å². The highest BCUT2D eigenvalue weighted by Crippen LogP contribution is 2.44. The van der Waals surface area contributed by atoms with E-state index in [2.05, 4.69) is 32.0 Å². The summed E-state index contributed by atoms with van der Waals surface area (Å²) in [4.78, 5) is 0. The molecule has 0 spiro atoms. The van der Waals surface area contributed by atoms with Crippen LogP contribution in [-0.4, -0.2) is 13.7 Å². The van der Waals surface area contributed by atoms with Gasteiger partial charge in [0, 0.05) is 12.0 Å². The van der Waals surface area contributed by atoms with Crippen molar-refractivity contribution in [2.45, 2.75) is 44.4 Å². The van der Waals surface area contributed by atoms with Crippen molar-refractivity contribution in [3.05, 3.63) is 29.3 Å². The summed E-state index contributed by atoms with van der Waals surface area (Å²) in [6.45, 7) is 5.17. The summed E-state index contributed by atoms with van der Waals surface area (Å²) in [7, 11) is 1.74. The normalized spacial score (nSPS) is 17.9. The zero-order chi connectivity index (χ0) is 12.5. The lowest BCUT2D eigenvalue weighted by Gasteiger charge is -2.42. The van der Waals surface area contributed by atoms with Crippen molar-refractivity contribution in [3.8, 4) is 5.75 Å². The van der Waals surface area contributed by atoms with Gasteiger partial charge in [-0.1, -0.05) is 32.4 Å². The number of nitrogens with two attached hydrogens (primary N) is 1. The second kappa shape index (κ2) is 4.69. The smallest absolute Gasteiger partial charge is 0.122 e. The lowest BCUT2D eigenvalue weighted by atomic mass is 9.64. The van der Waals surface area contributed by atoms with E-state index in [1.54, 1.807) is 7.11 Å². The minimum atomic E-state index is 0.246. The van der Waals surface area contributed by atoms with E-state index >= 15 is 0 Å². The topological polar surface area (TPSA) is 35.2 Å². The Kier molecular flexibility index (Phi) is 3.43. The van der Waals surface area contributed by atoms with E-state index in [9.17, 15) is 0 Å². The monoisotopic (exact) mass is 233 g/mol. The molecule has 1 aliphatic rings. The van der Waals surface area contributed by atoms with E-state index in [0.717, 1.165) is 12.3 Å². The third kappa shape index (κ3) is 2.06. The first kappa shape index (κ1) is 12.4. The summed E-state index contributed by atoms with van der Waals surface area (Å²) >= 11 is 0. The zero-order valence-corrected chi connectivity index (χ0v) is 11.1. The number of hydrogen-bond donors (Lipinski definition) is 1. The molecule has 2 rings (SSSR count). The molecule has 0 saturated heterocycles. The van der Waals surface area contributed by atoms with Gasteiger partial charge >= 0.3 is 0 Å². The Labute approximate surface area is 104 Å². The average Bonchev–Trinajstić information content (AvgIpc) is 2.28. The SMILES string of the molecule is COc1ccc(C2(CN)CCC2)cc1C(C)C. The molecule has 0 aromatic heterocycles. The average molecular weight is 233 g/mol. The van der Waals surface area contributed by atoms with E-state index in [1.165, 1.54) is 30.4 Å². The number of benzene rings is 1. The van der Waals surface area contributed by atoms with Crippen LogP contribution in [0.5, 0.6) is 5.75 Å². The molecular formula is C15H23NO. The molecule has 1 aliphatic carbocycles. The van der Waals surface area contributed by atoms with Crippen molar-refractivity contribution < 1.29 is 4.74 Å². The van der Waals surface area contributed by atoms with Gasteiger partial charge in [-0.2, -0.15) is 0 Å². The molecule has 94 valence electrons. The van der Waals surface area contributed by atoms with E-state index < -0.39 is 0 Å². The van der Waals surface area contributed by atoms with Gasteiger partial charge in [0.05, 0.1) is 7.11 Å². The van der Waals surface area contributed by atoms with Crippen molar-refractivity contribution in [2.24, 2.45) is 5.73 Å².